The van der Waals surface area contributed by atoms with E-state index in [0.29, 0.717) is 24.6 Å². The van der Waals surface area contributed by atoms with Crippen molar-refractivity contribution in [2.75, 3.05) is 20.8 Å². The van der Waals surface area contributed by atoms with Crippen molar-refractivity contribution in [3.63, 3.8) is 0 Å². The highest BCUT2D eigenvalue weighted by atomic mass is 16.5. The Morgan fingerprint density at radius 1 is 1.08 bits per heavy atom. The molecule has 0 radical (unpaired) electrons. The zero-order valence-electron chi connectivity index (χ0n) is 15.1. The van der Waals surface area contributed by atoms with Gasteiger partial charge < -0.3 is 20.1 Å². The van der Waals surface area contributed by atoms with E-state index < -0.39 is 0 Å². The SMILES string of the molecule is COc1ccc(C(C)(C)CNC(=O)NCc2ccccn2)cc1OC. The van der Waals surface area contributed by atoms with Gasteiger partial charge in [0.25, 0.3) is 0 Å². The number of carbonyl (C=O) groups is 1. The lowest BCUT2D eigenvalue weighted by Gasteiger charge is -2.26. The Bertz CT molecular complexity index is 702. The maximum absolute atomic E-state index is 12.0. The van der Waals surface area contributed by atoms with Crippen LogP contribution in [-0.4, -0.2) is 31.8 Å². The predicted octanol–water partition coefficient (Wildman–Crippen LogP) is 2.88. The second-order valence-electron chi connectivity index (χ2n) is 6.31. The van der Waals surface area contributed by atoms with E-state index in [-0.39, 0.29) is 11.4 Å². The van der Waals surface area contributed by atoms with Crippen LogP contribution in [0.15, 0.2) is 42.6 Å². The Labute approximate surface area is 148 Å². The van der Waals surface area contributed by atoms with Crippen molar-refractivity contribution in [1.82, 2.24) is 15.6 Å². The minimum Gasteiger partial charge on any atom is -0.493 e. The van der Waals surface area contributed by atoms with E-state index in [0.717, 1.165) is 11.3 Å². The minimum atomic E-state index is -0.262. The molecule has 2 N–H and O–H groups in total. The molecule has 2 amide bonds. The molecule has 1 heterocycles. The number of rotatable bonds is 7. The van der Waals surface area contributed by atoms with E-state index in [4.69, 9.17) is 9.47 Å². The summed E-state index contributed by atoms with van der Waals surface area (Å²) < 4.78 is 10.6. The van der Waals surface area contributed by atoms with Crippen LogP contribution in [0.5, 0.6) is 11.5 Å². The third kappa shape index (κ3) is 5.11. The number of benzene rings is 1. The molecule has 2 rings (SSSR count). The molecule has 0 spiro atoms. The van der Waals surface area contributed by atoms with E-state index >= 15 is 0 Å². The largest absolute Gasteiger partial charge is 0.493 e. The number of urea groups is 1. The monoisotopic (exact) mass is 343 g/mol. The lowest BCUT2D eigenvalue weighted by atomic mass is 9.84. The molecule has 0 aliphatic rings. The molecule has 1 aromatic carbocycles. The summed E-state index contributed by atoms with van der Waals surface area (Å²) in [6, 6.07) is 11.2. The van der Waals surface area contributed by atoms with Gasteiger partial charge in [-0.3, -0.25) is 4.98 Å². The summed E-state index contributed by atoms with van der Waals surface area (Å²) in [5, 5.41) is 5.71. The average molecular weight is 343 g/mol. The maximum atomic E-state index is 12.0. The molecule has 0 unspecified atom stereocenters. The number of nitrogens with zero attached hydrogens (tertiary/aromatic N) is 1. The highest BCUT2D eigenvalue weighted by molar-refractivity contribution is 5.73. The minimum absolute atomic E-state index is 0.223. The van der Waals surface area contributed by atoms with Gasteiger partial charge in [0.15, 0.2) is 11.5 Å². The molecule has 0 saturated carbocycles. The van der Waals surface area contributed by atoms with Gasteiger partial charge in [-0.05, 0) is 29.8 Å². The van der Waals surface area contributed by atoms with Crippen LogP contribution in [0.2, 0.25) is 0 Å². The zero-order chi connectivity index (χ0) is 18.3. The summed E-state index contributed by atoms with van der Waals surface area (Å²) in [4.78, 5) is 16.2. The number of aromatic nitrogens is 1. The Kier molecular flexibility index (Phi) is 6.22. The van der Waals surface area contributed by atoms with Gasteiger partial charge in [0.1, 0.15) is 0 Å². The van der Waals surface area contributed by atoms with Crippen molar-refractivity contribution < 1.29 is 14.3 Å². The van der Waals surface area contributed by atoms with Crippen molar-refractivity contribution >= 4 is 6.03 Å². The molecule has 1 aromatic heterocycles. The molecule has 0 atom stereocenters. The van der Waals surface area contributed by atoms with Crippen LogP contribution in [0.1, 0.15) is 25.1 Å². The first-order valence-corrected chi connectivity index (χ1v) is 8.10. The first kappa shape index (κ1) is 18.6. The fraction of sp³-hybridized carbons (Fsp3) is 0.368. The van der Waals surface area contributed by atoms with Crippen LogP contribution in [0, 0.1) is 0 Å². The third-order valence-electron chi connectivity index (χ3n) is 4.01. The van der Waals surface area contributed by atoms with Gasteiger partial charge in [-0.25, -0.2) is 4.79 Å². The number of nitrogens with one attached hydrogen (secondary N) is 2. The van der Waals surface area contributed by atoms with Crippen molar-refractivity contribution in [2.24, 2.45) is 0 Å². The topological polar surface area (TPSA) is 72.5 Å². The molecule has 2 aromatic rings. The van der Waals surface area contributed by atoms with Crippen LogP contribution < -0.4 is 20.1 Å². The maximum Gasteiger partial charge on any atom is 0.315 e. The van der Waals surface area contributed by atoms with Crippen LogP contribution in [-0.2, 0) is 12.0 Å². The van der Waals surface area contributed by atoms with E-state index in [1.54, 1.807) is 20.4 Å². The molecule has 25 heavy (non-hydrogen) atoms. The van der Waals surface area contributed by atoms with Crippen molar-refractivity contribution in [3.8, 4) is 11.5 Å². The zero-order valence-corrected chi connectivity index (χ0v) is 15.1. The molecular weight excluding hydrogens is 318 g/mol. The quantitative estimate of drug-likeness (QED) is 0.811. The number of ether oxygens (including phenoxy) is 2. The van der Waals surface area contributed by atoms with Gasteiger partial charge in [-0.15, -0.1) is 0 Å². The number of carbonyl (C=O) groups excluding carboxylic acids is 1. The summed E-state index contributed by atoms with van der Waals surface area (Å²) in [5.74, 6) is 1.36. The lowest BCUT2D eigenvalue weighted by molar-refractivity contribution is 0.238. The second-order valence-corrected chi connectivity index (χ2v) is 6.31. The predicted molar refractivity (Wildman–Crippen MR) is 97.0 cm³/mol. The standard InChI is InChI=1S/C19H25N3O3/c1-19(2,14-8-9-16(24-3)17(11-14)25-4)13-22-18(23)21-12-15-7-5-6-10-20-15/h5-11H,12-13H2,1-4H3,(H2,21,22,23). The molecule has 6 heteroatoms. The van der Waals surface area contributed by atoms with Crippen LogP contribution in [0.3, 0.4) is 0 Å². The molecular formula is C19H25N3O3. The lowest BCUT2D eigenvalue weighted by Crippen LogP contribution is -2.42. The number of methoxy groups -OCH3 is 2. The number of amides is 2. The van der Waals surface area contributed by atoms with E-state index in [9.17, 15) is 4.79 Å². The summed E-state index contributed by atoms with van der Waals surface area (Å²) in [6.45, 7) is 5.00. The Hall–Kier alpha value is -2.76. The van der Waals surface area contributed by atoms with E-state index in [2.05, 4.69) is 29.5 Å². The Morgan fingerprint density at radius 2 is 1.84 bits per heavy atom. The van der Waals surface area contributed by atoms with E-state index in [1.807, 2.05) is 36.4 Å². The summed E-state index contributed by atoms with van der Waals surface area (Å²) >= 11 is 0. The van der Waals surface area contributed by atoms with Crippen molar-refractivity contribution in [2.45, 2.75) is 25.8 Å². The van der Waals surface area contributed by atoms with Gasteiger partial charge in [0.05, 0.1) is 26.5 Å². The molecule has 134 valence electrons. The molecule has 0 aliphatic carbocycles. The van der Waals surface area contributed by atoms with Crippen molar-refractivity contribution in [3.05, 3.63) is 53.9 Å². The third-order valence-corrected chi connectivity index (χ3v) is 4.01. The smallest absolute Gasteiger partial charge is 0.315 e. The van der Waals surface area contributed by atoms with E-state index in [1.165, 1.54) is 0 Å². The highest BCUT2D eigenvalue weighted by Crippen LogP contribution is 2.32. The van der Waals surface area contributed by atoms with Crippen LogP contribution >= 0.6 is 0 Å². The first-order valence-electron chi connectivity index (χ1n) is 8.10. The van der Waals surface area contributed by atoms with Gasteiger partial charge in [0, 0.05) is 18.2 Å². The summed E-state index contributed by atoms with van der Waals surface area (Å²) in [6.07, 6.45) is 1.70. The number of hydrogen-bond acceptors (Lipinski definition) is 4. The van der Waals surface area contributed by atoms with Gasteiger partial charge in [-0.1, -0.05) is 26.0 Å². The molecule has 0 fully saturated rings. The molecule has 0 aliphatic heterocycles. The molecule has 0 bridgehead atoms. The van der Waals surface area contributed by atoms with Gasteiger partial charge in [0.2, 0.25) is 0 Å². The normalized spacial score (nSPS) is 10.9. The van der Waals surface area contributed by atoms with Crippen molar-refractivity contribution in [1.29, 1.82) is 0 Å². The fourth-order valence-electron chi connectivity index (χ4n) is 2.40. The number of pyridine rings is 1. The summed E-state index contributed by atoms with van der Waals surface area (Å²) in [5.41, 5.74) is 1.61. The van der Waals surface area contributed by atoms with Crippen LogP contribution in [0.4, 0.5) is 4.79 Å². The fourth-order valence-corrected chi connectivity index (χ4v) is 2.40. The van der Waals surface area contributed by atoms with Gasteiger partial charge in [-0.2, -0.15) is 0 Å². The molecule has 6 nitrogen and oxygen atoms in total. The van der Waals surface area contributed by atoms with Gasteiger partial charge >= 0.3 is 6.03 Å². The Balaban J connectivity index is 1.93. The average Bonchev–Trinajstić information content (AvgIpc) is 2.65. The highest BCUT2D eigenvalue weighted by Gasteiger charge is 2.23. The first-order chi connectivity index (χ1) is 12.0. The number of hydrogen-bond donors (Lipinski definition) is 2. The summed E-state index contributed by atoms with van der Waals surface area (Å²) in [7, 11) is 3.22. The second kappa shape index (κ2) is 8.37. The molecule has 0 saturated heterocycles. The van der Waals surface area contributed by atoms with Crippen LogP contribution in [0.25, 0.3) is 0 Å². The Morgan fingerprint density at radius 3 is 2.48 bits per heavy atom.